The van der Waals surface area contributed by atoms with Crippen LogP contribution in [0.5, 0.6) is 0 Å². The molecule has 2 N–H and O–H groups in total. The van der Waals surface area contributed by atoms with Crippen molar-refractivity contribution < 1.29 is 19.1 Å². The number of likely N-dealkylation sites (tertiary alicyclic amines) is 1. The molecule has 0 spiro atoms. The molecule has 1 rings (SSSR count). The highest BCUT2D eigenvalue weighted by Crippen LogP contribution is 2.20. The van der Waals surface area contributed by atoms with Gasteiger partial charge in [-0.15, -0.1) is 0 Å². The van der Waals surface area contributed by atoms with Gasteiger partial charge in [0.1, 0.15) is 11.2 Å². The van der Waals surface area contributed by atoms with E-state index in [1.54, 1.807) is 25.7 Å². The van der Waals surface area contributed by atoms with Crippen molar-refractivity contribution in [3.63, 3.8) is 0 Å². The van der Waals surface area contributed by atoms with Crippen LogP contribution in [-0.2, 0) is 9.47 Å². The van der Waals surface area contributed by atoms with E-state index in [9.17, 15) is 9.59 Å². The van der Waals surface area contributed by atoms with E-state index >= 15 is 0 Å². The Morgan fingerprint density at radius 1 is 1.00 bits per heavy atom. The third-order valence-corrected chi connectivity index (χ3v) is 3.29. The van der Waals surface area contributed by atoms with Crippen molar-refractivity contribution in [2.45, 2.75) is 84.6 Å². The molecular weight excluding hydrogens is 298 g/mol. The van der Waals surface area contributed by atoms with E-state index in [1.807, 2.05) is 27.7 Å². The molecule has 1 heterocycles. The number of amides is 2. The van der Waals surface area contributed by atoms with Crippen LogP contribution in [-0.4, -0.2) is 46.9 Å². The van der Waals surface area contributed by atoms with Crippen LogP contribution in [0, 0.1) is 0 Å². The number of carbonyl (C=O) groups excluding carboxylic acids is 2. The zero-order valence-corrected chi connectivity index (χ0v) is 15.4. The van der Waals surface area contributed by atoms with Gasteiger partial charge in [-0.25, -0.2) is 15.0 Å². The molecule has 0 aromatic rings. The normalized spacial score (nSPS) is 22.5. The molecule has 23 heavy (non-hydrogen) atoms. The summed E-state index contributed by atoms with van der Waals surface area (Å²) in [5.74, 6) is 0. The Bertz CT molecular complexity index is 426. The summed E-state index contributed by atoms with van der Waals surface area (Å²) in [5, 5.41) is 0. The Kier molecular flexibility index (Phi) is 6.27. The van der Waals surface area contributed by atoms with E-state index in [0.717, 1.165) is 12.8 Å². The lowest BCUT2D eigenvalue weighted by atomic mass is 10.0. The van der Waals surface area contributed by atoms with Crippen molar-refractivity contribution in [2.75, 3.05) is 6.54 Å². The number of rotatable bonds is 2. The van der Waals surface area contributed by atoms with Crippen molar-refractivity contribution in [2.24, 2.45) is 0 Å². The number of carbonyl (C=O) groups is 2. The maximum absolute atomic E-state index is 12.3. The fraction of sp³-hybridized carbons (Fsp3) is 0.875. The summed E-state index contributed by atoms with van der Waals surface area (Å²) in [4.78, 5) is 25.6. The van der Waals surface area contributed by atoms with Crippen molar-refractivity contribution in [1.82, 2.24) is 15.8 Å². The van der Waals surface area contributed by atoms with Crippen LogP contribution in [0.1, 0.15) is 61.3 Å². The number of hydrogen-bond donors (Lipinski definition) is 2. The predicted octanol–water partition coefficient (Wildman–Crippen LogP) is 2.80. The second-order valence-corrected chi connectivity index (χ2v) is 8.03. The molecule has 1 aliphatic rings. The number of nitrogens with zero attached hydrogens (tertiary/aromatic N) is 1. The first-order chi connectivity index (χ1) is 10.4. The highest BCUT2D eigenvalue weighted by molar-refractivity contribution is 5.69. The molecule has 0 aliphatic carbocycles. The molecule has 7 nitrogen and oxygen atoms in total. The van der Waals surface area contributed by atoms with E-state index in [-0.39, 0.29) is 18.2 Å². The van der Waals surface area contributed by atoms with Crippen LogP contribution >= 0.6 is 0 Å². The second kappa shape index (κ2) is 7.38. The summed E-state index contributed by atoms with van der Waals surface area (Å²) in [7, 11) is 0. The number of nitrogens with one attached hydrogen (secondary N) is 2. The van der Waals surface area contributed by atoms with E-state index in [1.165, 1.54) is 0 Å². The molecule has 1 fully saturated rings. The van der Waals surface area contributed by atoms with Crippen molar-refractivity contribution >= 4 is 12.2 Å². The van der Waals surface area contributed by atoms with Crippen molar-refractivity contribution in [3.8, 4) is 0 Å². The van der Waals surface area contributed by atoms with Gasteiger partial charge in [0.05, 0.1) is 0 Å². The van der Waals surface area contributed by atoms with Gasteiger partial charge in [0.2, 0.25) is 0 Å². The van der Waals surface area contributed by atoms with Gasteiger partial charge >= 0.3 is 12.2 Å². The van der Waals surface area contributed by atoms with Crippen molar-refractivity contribution in [1.29, 1.82) is 0 Å². The number of piperidine rings is 1. The zero-order valence-electron chi connectivity index (χ0n) is 15.4. The van der Waals surface area contributed by atoms with E-state index in [2.05, 4.69) is 10.9 Å². The van der Waals surface area contributed by atoms with Gasteiger partial charge in [-0.05, 0) is 61.3 Å². The third-order valence-electron chi connectivity index (χ3n) is 3.29. The second-order valence-electron chi connectivity index (χ2n) is 8.03. The van der Waals surface area contributed by atoms with Crippen LogP contribution in [0.4, 0.5) is 9.59 Å². The van der Waals surface area contributed by atoms with Crippen molar-refractivity contribution in [3.05, 3.63) is 0 Å². The van der Waals surface area contributed by atoms with Gasteiger partial charge in [0.25, 0.3) is 0 Å². The fourth-order valence-electron chi connectivity index (χ4n) is 2.26. The number of hydrogen-bond acceptors (Lipinski definition) is 5. The zero-order chi connectivity index (χ0) is 17.8. The van der Waals surface area contributed by atoms with Crippen LogP contribution in [0.2, 0.25) is 0 Å². The first-order valence-corrected chi connectivity index (χ1v) is 8.11. The highest BCUT2D eigenvalue weighted by atomic mass is 16.6. The first-order valence-electron chi connectivity index (χ1n) is 8.11. The van der Waals surface area contributed by atoms with Gasteiger partial charge in [-0.2, -0.15) is 0 Å². The minimum atomic E-state index is -0.546. The van der Waals surface area contributed by atoms with Gasteiger partial charge in [-0.3, -0.25) is 5.43 Å². The number of ether oxygens (including phenoxy) is 2. The Morgan fingerprint density at radius 2 is 1.57 bits per heavy atom. The first kappa shape index (κ1) is 19.5. The monoisotopic (exact) mass is 329 g/mol. The molecule has 2 unspecified atom stereocenters. The third kappa shape index (κ3) is 7.54. The molecule has 2 atom stereocenters. The molecule has 134 valence electrons. The molecule has 1 saturated heterocycles. The molecule has 2 amide bonds. The Labute approximate surface area is 139 Å². The molecule has 0 aromatic carbocycles. The molecule has 0 radical (unpaired) electrons. The lowest BCUT2D eigenvalue weighted by Gasteiger charge is -2.38. The maximum atomic E-state index is 12.3. The fourth-order valence-corrected chi connectivity index (χ4v) is 2.26. The van der Waals surface area contributed by atoms with E-state index in [0.29, 0.717) is 6.54 Å². The molecule has 0 saturated carbocycles. The summed E-state index contributed by atoms with van der Waals surface area (Å²) in [6.45, 7) is 13.4. The molecule has 0 aromatic heterocycles. The van der Waals surface area contributed by atoms with E-state index in [4.69, 9.17) is 9.47 Å². The highest BCUT2D eigenvalue weighted by Gasteiger charge is 2.32. The smallest absolute Gasteiger partial charge is 0.422 e. The summed E-state index contributed by atoms with van der Waals surface area (Å²) >= 11 is 0. The molecule has 1 aliphatic heterocycles. The molecular formula is C16H31N3O4. The minimum absolute atomic E-state index is 0.0359. The lowest BCUT2D eigenvalue weighted by molar-refractivity contribution is 0.00713. The standard InChI is InChI=1S/C16H31N3O4/c1-11-8-9-12(17-18-13(20)22-15(2,3)4)10-19(11)14(21)23-16(5,6)7/h11-12,17H,8-10H2,1-7H3,(H,18,20). The maximum Gasteiger partial charge on any atom is 0.422 e. The van der Waals surface area contributed by atoms with Crippen LogP contribution < -0.4 is 10.9 Å². The Morgan fingerprint density at radius 3 is 2.09 bits per heavy atom. The summed E-state index contributed by atoms with van der Waals surface area (Å²) in [6.07, 6.45) is 0.845. The summed E-state index contributed by atoms with van der Waals surface area (Å²) in [6, 6.07) is 0.0793. The molecule has 7 heteroatoms. The largest absolute Gasteiger partial charge is 0.444 e. The minimum Gasteiger partial charge on any atom is -0.444 e. The topological polar surface area (TPSA) is 79.9 Å². The predicted molar refractivity (Wildman–Crippen MR) is 87.9 cm³/mol. The summed E-state index contributed by atoms with van der Waals surface area (Å²) < 4.78 is 10.6. The van der Waals surface area contributed by atoms with Gasteiger partial charge in [0, 0.05) is 18.6 Å². The number of hydrazine groups is 1. The van der Waals surface area contributed by atoms with E-state index < -0.39 is 17.3 Å². The van der Waals surface area contributed by atoms with Gasteiger partial charge < -0.3 is 14.4 Å². The van der Waals surface area contributed by atoms with Crippen LogP contribution in [0.15, 0.2) is 0 Å². The quantitative estimate of drug-likeness (QED) is 0.762. The van der Waals surface area contributed by atoms with Crippen LogP contribution in [0.3, 0.4) is 0 Å². The average Bonchev–Trinajstić information content (AvgIpc) is 2.33. The Balaban J connectivity index is 2.51. The summed E-state index contributed by atoms with van der Waals surface area (Å²) in [5.41, 5.74) is 4.41. The SMILES string of the molecule is CC1CCC(NNC(=O)OC(C)(C)C)CN1C(=O)OC(C)(C)C. The Hall–Kier alpha value is -1.50. The lowest BCUT2D eigenvalue weighted by Crippen LogP contribution is -2.56. The molecule has 0 bridgehead atoms. The average molecular weight is 329 g/mol. The van der Waals surface area contributed by atoms with Crippen LogP contribution in [0.25, 0.3) is 0 Å². The van der Waals surface area contributed by atoms with Gasteiger partial charge in [-0.1, -0.05) is 0 Å². The van der Waals surface area contributed by atoms with Gasteiger partial charge in [0.15, 0.2) is 0 Å².